The molecule has 0 saturated carbocycles. The van der Waals surface area contributed by atoms with E-state index >= 15 is 0 Å². The fourth-order valence-electron chi connectivity index (χ4n) is 1.07. The van der Waals surface area contributed by atoms with E-state index in [0.29, 0.717) is 0 Å². The molecule has 1 rings (SSSR count). The average molecular weight is 246 g/mol. The smallest absolute Gasteiger partial charge is 0.187 e. The highest BCUT2D eigenvalue weighted by atomic mass is 32.2. The van der Waals surface area contributed by atoms with E-state index in [1.54, 1.807) is 18.5 Å². The lowest BCUT2D eigenvalue weighted by atomic mass is 10.1. The number of pyridine rings is 1. The summed E-state index contributed by atoms with van der Waals surface area (Å²) < 4.78 is 1.38. The van der Waals surface area contributed by atoms with Crippen LogP contribution in [0.3, 0.4) is 0 Å². The Morgan fingerprint density at radius 3 is 2.71 bits per heavy atom. The van der Waals surface area contributed by atoms with Crippen LogP contribution in [0.4, 0.5) is 0 Å². The third kappa shape index (κ3) is 3.53. The van der Waals surface area contributed by atoms with Gasteiger partial charge in [-0.3, -0.25) is 9.78 Å². The first kappa shape index (κ1) is 11.9. The first-order chi connectivity index (χ1) is 6.61. The molecule has 0 fully saturated rings. The molecular weight excluding hydrogens is 236 g/mol. The highest BCUT2D eigenvalue weighted by Gasteiger charge is 2.17. The van der Waals surface area contributed by atoms with Crippen LogP contribution in [-0.4, -0.2) is 13.8 Å². The summed E-state index contributed by atoms with van der Waals surface area (Å²) in [5.41, 5.74) is 0.889. The molecule has 0 N–H and O–H groups in total. The first-order valence-electron chi connectivity index (χ1n) is 3.90. The summed E-state index contributed by atoms with van der Waals surface area (Å²) >= 11 is 11.9. The van der Waals surface area contributed by atoms with Gasteiger partial charge in [0, 0.05) is 18.8 Å². The lowest BCUT2D eigenvalue weighted by molar-refractivity contribution is -0.111. The second-order valence-corrected chi connectivity index (χ2v) is 4.40. The molecule has 0 aliphatic carbocycles. The Hall–Kier alpha value is -0.170. The van der Waals surface area contributed by atoms with Crippen molar-refractivity contribution < 1.29 is 4.79 Å². The van der Waals surface area contributed by atoms with Crippen molar-refractivity contribution in [3.8, 4) is 0 Å². The van der Waals surface area contributed by atoms with Gasteiger partial charge in [-0.1, -0.05) is 31.7 Å². The van der Waals surface area contributed by atoms with Crippen LogP contribution in [0.15, 0.2) is 24.5 Å². The molecule has 0 aliphatic heterocycles. The molecular formula is C8H10N2OS3. The van der Waals surface area contributed by atoms with Gasteiger partial charge in [-0.15, -0.1) is 12.6 Å². The van der Waals surface area contributed by atoms with Gasteiger partial charge >= 0.3 is 0 Å². The average Bonchev–Trinajstić information content (AvgIpc) is 2.15. The number of hydrogen-bond acceptors (Lipinski definition) is 5. The van der Waals surface area contributed by atoms with Crippen molar-refractivity contribution in [3.05, 3.63) is 30.1 Å². The van der Waals surface area contributed by atoms with E-state index in [9.17, 15) is 4.79 Å². The van der Waals surface area contributed by atoms with Gasteiger partial charge in [0.05, 0.1) is 6.04 Å². The van der Waals surface area contributed by atoms with Gasteiger partial charge < -0.3 is 0 Å². The van der Waals surface area contributed by atoms with Crippen molar-refractivity contribution in [2.75, 3.05) is 0 Å². The molecule has 3 nitrogen and oxygen atoms in total. The Balaban J connectivity index is 2.83. The third-order valence-corrected chi connectivity index (χ3v) is 2.46. The zero-order chi connectivity index (χ0) is 10.6. The molecule has 1 unspecified atom stereocenters. The molecule has 1 atom stereocenters. The summed E-state index contributed by atoms with van der Waals surface area (Å²) in [6.45, 7) is 0. The minimum absolute atomic E-state index is 0.202. The Bertz CT molecular complexity index is 305. The maximum Gasteiger partial charge on any atom is 0.187 e. The highest BCUT2D eigenvalue weighted by Crippen LogP contribution is 2.27. The maximum atomic E-state index is 10.9. The molecule has 6 heteroatoms. The normalized spacial score (nSPS) is 12.9. The van der Waals surface area contributed by atoms with Crippen LogP contribution in [0, 0.1) is 0 Å². The quantitative estimate of drug-likeness (QED) is 0.710. The topological polar surface area (TPSA) is 33.2 Å². The van der Waals surface area contributed by atoms with Crippen molar-refractivity contribution in [1.29, 1.82) is 0 Å². The molecule has 1 heterocycles. The summed E-state index contributed by atoms with van der Waals surface area (Å²) in [7, 11) is 0. The lowest BCUT2D eigenvalue weighted by Gasteiger charge is -2.20. The Morgan fingerprint density at radius 2 is 2.29 bits per heavy atom. The van der Waals surface area contributed by atoms with Crippen molar-refractivity contribution >= 4 is 43.4 Å². The van der Waals surface area contributed by atoms with E-state index in [1.807, 2.05) is 6.07 Å². The van der Waals surface area contributed by atoms with E-state index in [2.05, 4.69) is 43.2 Å². The molecule has 0 spiro atoms. The molecule has 0 saturated heterocycles. The highest BCUT2D eigenvalue weighted by molar-refractivity contribution is 7.96. The minimum Gasteiger partial charge on any atom is -0.287 e. The Morgan fingerprint density at radius 1 is 1.57 bits per heavy atom. The molecule has 14 heavy (non-hydrogen) atoms. The number of hydrogen-bond donors (Lipinski definition) is 3. The van der Waals surface area contributed by atoms with Crippen molar-refractivity contribution in [2.24, 2.45) is 0 Å². The zero-order valence-electron chi connectivity index (χ0n) is 7.24. The van der Waals surface area contributed by atoms with Gasteiger partial charge in [-0.05, 0) is 11.6 Å². The van der Waals surface area contributed by atoms with Crippen molar-refractivity contribution in [1.82, 2.24) is 8.69 Å². The minimum atomic E-state index is -0.208. The second kappa shape index (κ2) is 5.65. The predicted molar refractivity (Wildman–Crippen MR) is 65.4 cm³/mol. The number of carbonyl (C=O) groups is 1. The van der Waals surface area contributed by atoms with Crippen LogP contribution in [0.2, 0.25) is 0 Å². The number of thiol groups is 3. The van der Waals surface area contributed by atoms with Gasteiger partial charge in [0.1, 0.15) is 0 Å². The number of rotatable bonds is 4. The van der Waals surface area contributed by atoms with E-state index in [1.165, 1.54) is 3.71 Å². The zero-order valence-corrected chi connectivity index (χ0v) is 9.92. The second-order valence-electron chi connectivity index (χ2n) is 2.72. The molecule has 1 aromatic heterocycles. The van der Waals surface area contributed by atoms with Crippen LogP contribution >= 0.6 is 38.3 Å². The monoisotopic (exact) mass is 246 g/mol. The van der Waals surface area contributed by atoms with E-state index < -0.39 is 0 Å². The summed E-state index contributed by atoms with van der Waals surface area (Å²) in [5, 5.41) is -0.202. The molecule has 0 aliphatic rings. The van der Waals surface area contributed by atoms with Crippen molar-refractivity contribution in [3.63, 3.8) is 0 Å². The van der Waals surface area contributed by atoms with Crippen LogP contribution in [0.25, 0.3) is 0 Å². The van der Waals surface area contributed by atoms with Gasteiger partial charge in [0.15, 0.2) is 5.12 Å². The Labute approximate surface area is 99.4 Å². The Kier molecular flexibility index (Phi) is 4.80. The largest absolute Gasteiger partial charge is 0.287 e. The SMILES string of the molecule is O=C(S)CC(c1cccnc1)N(S)S. The fourth-order valence-corrected chi connectivity index (χ4v) is 1.67. The van der Waals surface area contributed by atoms with Gasteiger partial charge in [0.25, 0.3) is 0 Å². The molecule has 76 valence electrons. The molecule has 0 radical (unpaired) electrons. The summed E-state index contributed by atoms with van der Waals surface area (Å²) in [6.07, 6.45) is 3.60. The summed E-state index contributed by atoms with van der Waals surface area (Å²) in [6, 6.07) is 3.46. The van der Waals surface area contributed by atoms with Gasteiger partial charge in [-0.2, -0.15) is 3.71 Å². The maximum absolute atomic E-state index is 10.9. The van der Waals surface area contributed by atoms with Crippen LogP contribution in [0.5, 0.6) is 0 Å². The molecule has 0 amide bonds. The van der Waals surface area contributed by atoms with Gasteiger partial charge in [-0.25, -0.2) is 0 Å². The van der Waals surface area contributed by atoms with E-state index in [-0.39, 0.29) is 17.6 Å². The molecule has 0 bridgehead atoms. The van der Waals surface area contributed by atoms with E-state index in [0.717, 1.165) is 5.56 Å². The van der Waals surface area contributed by atoms with Gasteiger partial charge in [0.2, 0.25) is 0 Å². The first-order valence-corrected chi connectivity index (χ1v) is 5.14. The standard InChI is InChI=1S/C8H10N2OS3/c11-8(12)4-7(10(13)14)6-2-1-3-9-5-6/h1-3,5,7,13-14H,4H2,(H,11,12). The van der Waals surface area contributed by atoms with Crippen molar-refractivity contribution in [2.45, 2.75) is 12.5 Å². The summed E-state index contributed by atoms with van der Waals surface area (Å²) in [5.74, 6) is 0. The van der Waals surface area contributed by atoms with E-state index in [4.69, 9.17) is 0 Å². The van der Waals surface area contributed by atoms with Crippen LogP contribution in [0.1, 0.15) is 18.0 Å². The third-order valence-electron chi connectivity index (χ3n) is 1.72. The number of carbonyl (C=O) groups excluding carboxylic acids is 1. The van der Waals surface area contributed by atoms with Crippen LogP contribution < -0.4 is 0 Å². The predicted octanol–water partition coefficient (Wildman–Crippen LogP) is 1.96. The number of aromatic nitrogens is 1. The number of nitrogens with zero attached hydrogens (tertiary/aromatic N) is 2. The fraction of sp³-hybridized carbons (Fsp3) is 0.250. The molecule has 1 aromatic rings. The van der Waals surface area contributed by atoms with Crippen LogP contribution in [-0.2, 0) is 4.79 Å². The summed E-state index contributed by atoms with van der Waals surface area (Å²) in [4.78, 5) is 14.8. The lowest BCUT2D eigenvalue weighted by Crippen LogP contribution is -2.13. The molecule has 0 aromatic carbocycles.